The molecule has 0 fully saturated rings. The Labute approximate surface area is 187 Å². The molecule has 0 aliphatic carbocycles. The van der Waals surface area contributed by atoms with E-state index < -0.39 is 0 Å². The lowest BCUT2D eigenvalue weighted by Crippen LogP contribution is -2.37. The van der Waals surface area contributed by atoms with Crippen LogP contribution >= 0.6 is 24.0 Å². The number of aliphatic imine (C=N–C) groups is 1. The van der Waals surface area contributed by atoms with E-state index in [1.165, 1.54) is 5.56 Å². The first kappa shape index (κ1) is 21.0. The van der Waals surface area contributed by atoms with E-state index in [1.54, 1.807) is 7.05 Å². The fourth-order valence-electron chi connectivity index (χ4n) is 3.05. The molecule has 8 heteroatoms. The largest absolute Gasteiger partial charge is 0.454 e. The maximum atomic E-state index is 5.42. The van der Waals surface area contributed by atoms with Crippen LogP contribution in [0.3, 0.4) is 0 Å². The molecular formula is C21H24IN5O2. The number of hydrogen-bond acceptors (Lipinski definition) is 4. The van der Waals surface area contributed by atoms with Gasteiger partial charge in [0.15, 0.2) is 17.5 Å². The first-order valence-electron chi connectivity index (χ1n) is 9.19. The maximum absolute atomic E-state index is 5.42. The van der Waals surface area contributed by atoms with E-state index in [-0.39, 0.29) is 30.8 Å². The number of imidazole rings is 1. The lowest BCUT2D eigenvalue weighted by atomic mass is 10.2. The molecule has 1 aliphatic rings. The van der Waals surface area contributed by atoms with Crippen LogP contribution in [0, 0.1) is 0 Å². The lowest BCUT2D eigenvalue weighted by Gasteiger charge is -2.13. The van der Waals surface area contributed by atoms with Crippen LogP contribution < -0.4 is 20.1 Å². The summed E-state index contributed by atoms with van der Waals surface area (Å²) in [6.07, 6.45) is 3.82. The number of hydrogen-bond donors (Lipinski definition) is 2. The van der Waals surface area contributed by atoms with Gasteiger partial charge in [0.25, 0.3) is 0 Å². The van der Waals surface area contributed by atoms with Gasteiger partial charge in [-0.2, -0.15) is 0 Å². The third-order valence-corrected chi connectivity index (χ3v) is 4.53. The normalized spacial score (nSPS) is 12.4. The minimum atomic E-state index is 0. The summed E-state index contributed by atoms with van der Waals surface area (Å²) in [6, 6.07) is 16.3. The summed E-state index contributed by atoms with van der Waals surface area (Å²) >= 11 is 0. The Balaban J connectivity index is 0.00000240. The van der Waals surface area contributed by atoms with E-state index in [0.29, 0.717) is 19.0 Å². The smallest absolute Gasteiger partial charge is 0.231 e. The van der Waals surface area contributed by atoms with Crippen LogP contribution in [-0.2, 0) is 19.6 Å². The summed E-state index contributed by atoms with van der Waals surface area (Å²) in [4.78, 5) is 8.75. The Hall–Kier alpha value is -2.75. The SMILES string of the molecule is CN=C(NCc1ccc2c(c1)OCO2)NCc1nccn1Cc1ccccc1.I. The molecule has 4 rings (SSSR count). The topological polar surface area (TPSA) is 72.7 Å². The van der Waals surface area contributed by atoms with Gasteiger partial charge in [-0.15, -0.1) is 24.0 Å². The van der Waals surface area contributed by atoms with Crippen LogP contribution in [0.15, 0.2) is 65.9 Å². The van der Waals surface area contributed by atoms with Crippen LogP contribution in [0.25, 0.3) is 0 Å². The van der Waals surface area contributed by atoms with Crippen molar-refractivity contribution in [1.82, 2.24) is 20.2 Å². The minimum Gasteiger partial charge on any atom is -0.454 e. The van der Waals surface area contributed by atoms with Crippen molar-refractivity contribution < 1.29 is 9.47 Å². The van der Waals surface area contributed by atoms with Crippen LogP contribution in [0.5, 0.6) is 11.5 Å². The van der Waals surface area contributed by atoms with Crippen molar-refractivity contribution in [2.75, 3.05) is 13.8 Å². The quantitative estimate of drug-likeness (QED) is 0.306. The van der Waals surface area contributed by atoms with Gasteiger partial charge in [0, 0.05) is 32.5 Å². The van der Waals surface area contributed by atoms with Gasteiger partial charge in [-0.1, -0.05) is 36.4 Å². The van der Waals surface area contributed by atoms with Crippen LogP contribution in [0.2, 0.25) is 0 Å². The van der Waals surface area contributed by atoms with Gasteiger partial charge in [0.1, 0.15) is 5.82 Å². The number of benzene rings is 2. The first-order chi connectivity index (χ1) is 13.8. The molecule has 1 aromatic heterocycles. The number of halogens is 1. The summed E-state index contributed by atoms with van der Waals surface area (Å²) in [5.41, 5.74) is 2.34. The number of fused-ring (bicyclic) bond motifs is 1. The number of guanidine groups is 1. The molecule has 0 bridgehead atoms. The van der Waals surface area contributed by atoms with Gasteiger partial charge >= 0.3 is 0 Å². The average molecular weight is 505 g/mol. The van der Waals surface area contributed by atoms with Crippen molar-refractivity contribution in [3.8, 4) is 11.5 Å². The average Bonchev–Trinajstić information content (AvgIpc) is 3.38. The zero-order valence-electron chi connectivity index (χ0n) is 16.2. The number of rotatable bonds is 6. The number of nitrogens with zero attached hydrogens (tertiary/aromatic N) is 3. The van der Waals surface area contributed by atoms with E-state index in [2.05, 4.69) is 37.3 Å². The molecule has 2 heterocycles. The molecule has 1 aliphatic heterocycles. The predicted octanol–water partition coefficient (Wildman–Crippen LogP) is 3.14. The van der Waals surface area contributed by atoms with Gasteiger partial charge in [0.05, 0.1) is 6.54 Å². The van der Waals surface area contributed by atoms with Crippen molar-refractivity contribution in [2.24, 2.45) is 4.99 Å². The third-order valence-electron chi connectivity index (χ3n) is 4.53. The Bertz CT molecular complexity index is 959. The van der Waals surface area contributed by atoms with Crippen molar-refractivity contribution in [2.45, 2.75) is 19.6 Å². The standard InChI is InChI=1S/C21H23N5O2.HI/c1-22-21(24-12-17-7-8-18-19(11-17)28-15-27-18)25-13-20-23-9-10-26(20)14-16-5-3-2-4-6-16;/h2-11H,12-15H2,1H3,(H2,22,24,25);1H. The summed E-state index contributed by atoms with van der Waals surface area (Å²) in [5, 5.41) is 6.63. The van der Waals surface area contributed by atoms with E-state index in [9.17, 15) is 0 Å². The molecule has 7 nitrogen and oxygen atoms in total. The van der Waals surface area contributed by atoms with Gasteiger partial charge in [-0.05, 0) is 23.3 Å². The maximum Gasteiger partial charge on any atom is 0.231 e. The fraction of sp³-hybridized carbons (Fsp3) is 0.238. The van der Waals surface area contributed by atoms with E-state index in [4.69, 9.17) is 9.47 Å². The molecule has 2 N–H and O–H groups in total. The molecule has 0 saturated carbocycles. The highest BCUT2D eigenvalue weighted by Crippen LogP contribution is 2.32. The number of ether oxygens (including phenoxy) is 2. The third kappa shape index (κ3) is 5.41. The number of nitrogens with one attached hydrogen (secondary N) is 2. The molecule has 0 amide bonds. The summed E-state index contributed by atoms with van der Waals surface area (Å²) in [6.45, 7) is 2.29. The second kappa shape index (κ2) is 10.1. The monoisotopic (exact) mass is 505 g/mol. The van der Waals surface area contributed by atoms with Crippen molar-refractivity contribution >= 4 is 29.9 Å². The molecule has 0 saturated heterocycles. The van der Waals surface area contributed by atoms with Crippen molar-refractivity contribution in [1.29, 1.82) is 0 Å². The van der Waals surface area contributed by atoms with Crippen LogP contribution in [0.1, 0.15) is 17.0 Å². The first-order valence-corrected chi connectivity index (χ1v) is 9.19. The highest BCUT2D eigenvalue weighted by Gasteiger charge is 2.13. The Morgan fingerprint density at radius 2 is 1.83 bits per heavy atom. The molecule has 29 heavy (non-hydrogen) atoms. The summed E-state index contributed by atoms with van der Waals surface area (Å²) in [5.74, 6) is 3.24. The summed E-state index contributed by atoms with van der Waals surface area (Å²) in [7, 11) is 1.76. The predicted molar refractivity (Wildman–Crippen MR) is 123 cm³/mol. The van der Waals surface area contributed by atoms with Crippen LogP contribution in [0.4, 0.5) is 0 Å². The van der Waals surface area contributed by atoms with Crippen LogP contribution in [-0.4, -0.2) is 29.4 Å². The molecule has 0 unspecified atom stereocenters. The molecule has 3 aromatic rings. The van der Waals surface area contributed by atoms with E-state index in [0.717, 1.165) is 29.4 Å². The molecular weight excluding hydrogens is 481 g/mol. The van der Waals surface area contributed by atoms with Gasteiger partial charge < -0.3 is 24.7 Å². The highest BCUT2D eigenvalue weighted by molar-refractivity contribution is 14.0. The highest BCUT2D eigenvalue weighted by atomic mass is 127. The van der Waals surface area contributed by atoms with Gasteiger partial charge in [-0.25, -0.2) is 4.98 Å². The fourth-order valence-corrected chi connectivity index (χ4v) is 3.05. The molecule has 2 aromatic carbocycles. The molecule has 0 atom stereocenters. The van der Waals surface area contributed by atoms with E-state index in [1.807, 2.05) is 48.8 Å². The Morgan fingerprint density at radius 3 is 2.66 bits per heavy atom. The lowest BCUT2D eigenvalue weighted by molar-refractivity contribution is 0.174. The second-order valence-electron chi connectivity index (χ2n) is 6.42. The van der Waals surface area contributed by atoms with Gasteiger partial charge in [0.2, 0.25) is 6.79 Å². The zero-order chi connectivity index (χ0) is 19.2. The Morgan fingerprint density at radius 1 is 1.03 bits per heavy atom. The zero-order valence-corrected chi connectivity index (χ0v) is 18.5. The second-order valence-corrected chi connectivity index (χ2v) is 6.42. The van der Waals surface area contributed by atoms with E-state index >= 15 is 0 Å². The van der Waals surface area contributed by atoms with Gasteiger partial charge in [-0.3, -0.25) is 4.99 Å². The van der Waals surface area contributed by atoms with Crippen molar-refractivity contribution in [3.05, 3.63) is 77.9 Å². The molecule has 152 valence electrons. The Kier molecular flexibility index (Phi) is 7.34. The molecule has 0 spiro atoms. The van der Waals surface area contributed by atoms with Crippen molar-refractivity contribution in [3.63, 3.8) is 0 Å². The summed E-state index contributed by atoms with van der Waals surface area (Å²) < 4.78 is 12.9. The number of aromatic nitrogens is 2. The minimum absolute atomic E-state index is 0. The molecule has 0 radical (unpaired) electrons.